The zero-order valence-corrected chi connectivity index (χ0v) is 7.63. The van der Waals surface area contributed by atoms with Crippen molar-refractivity contribution in [1.82, 2.24) is 0 Å². The van der Waals surface area contributed by atoms with Gasteiger partial charge in [-0.1, -0.05) is 6.07 Å². The third kappa shape index (κ3) is 1.77. The largest absolute Gasteiger partial charge is 0.387 e. The van der Waals surface area contributed by atoms with E-state index in [1.807, 2.05) is 0 Å². The van der Waals surface area contributed by atoms with Crippen molar-refractivity contribution in [3.63, 3.8) is 0 Å². The van der Waals surface area contributed by atoms with Gasteiger partial charge >= 0.3 is 0 Å². The van der Waals surface area contributed by atoms with E-state index in [4.69, 9.17) is 5.73 Å². The van der Waals surface area contributed by atoms with Crippen molar-refractivity contribution < 1.29 is 4.39 Å². The zero-order valence-electron chi connectivity index (χ0n) is 7.63. The van der Waals surface area contributed by atoms with Crippen LogP contribution in [0.15, 0.2) is 23.2 Å². The minimum absolute atomic E-state index is 0.197. The molecule has 0 unspecified atom stereocenters. The monoisotopic (exact) mass is 181 g/mol. The Hall–Kier alpha value is -1.58. The van der Waals surface area contributed by atoms with Crippen LogP contribution in [0.3, 0.4) is 0 Å². The Bertz CT molecular complexity index is 334. The van der Waals surface area contributed by atoms with E-state index in [0.717, 1.165) is 0 Å². The number of aliphatic imine (C=N–C) groups is 1. The van der Waals surface area contributed by atoms with Crippen LogP contribution in [-0.4, -0.2) is 19.9 Å². The molecule has 0 spiro atoms. The fourth-order valence-electron chi connectivity index (χ4n) is 1.10. The van der Waals surface area contributed by atoms with Gasteiger partial charge < -0.3 is 11.1 Å². The number of halogens is 1. The molecule has 0 saturated carbocycles. The van der Waals surface area contributed by atoms with Crippen LogP contribution < -0.4 is 11.1 Å². The van der Waals surface area contributed by atoms with E-state index in [1.54, 1.807) is 19.2 Å². The highest BCUT2D eigenvalue weighted by molar-refractivity contribution is 6.02. The number of nitrogens with zero attached hydrogens (tertiary/aromatic N) is 1. The fourth-order valence-corrected chi connectivity index (χ4v) is 1.10. The van der Waals surface area contributed by atoms with Gasteiger partial charge in [-0.3, -0.25) is 4.99 Å². The molecule has 0 aliphatic carbocycles. The molecule has 0 heterocycles. The summed E-state index contributed by atoms with van der Waals surface area (Å²) in [5, 5.41) is 2.85. The molecule has 4 heteroatoms. The van der Waals surface area contributed by atoms with Gasteiger partial charge in [0.2, 0.25) is 0 Å². The Morgan fingerprint density at radius 1 is 1.54 bits per heavy atom. The number of hydrogen-bond donors (Lipinski definition) is 2. The summed E-state index contributed by atoms with van der Waals surface area (Å²) < 4.78 is 13.3. The maximum absolute atomic E-state index is 13.3. The van der Waals surface area contributed by atoms with E-state index in [1.165, 1.54) is 13.1 Å². The summed E-state index contributed by atoms with van der Waals surface area (Å²) >= 11 is 0. The van der Waals surface area contributed by atoms with Gasteiger partial charge in [0.05, 0.1) is 5.56 Å². The molecule has 1 aromatic carbocycles. The van der Waals surface area contributed by atoms with Crippen molar-refractivity contribution in [2.24, 2.45) is 10.7 Å². The lowest BCUT2D eigenvalue weighted by Gasteiger charge is -2.08. The smallest absolute Gasteiger partial charge is 0.136 e. The van der Waals surface area contributed by atoms with Crippen LogP contribution in [0.1, 0.15) is 5.56 Å². The molecule has 0 aromatic heterocycles. The molecule has 0 amide bonds. The standard InChI is InChI=1S/C9H12FN3/c1-12-7-5-3-4-6(10)8(7)9(11)13-2/h3-5,12H,1-2H3,(H2,11,13). The molecule has 0 bridgehead atoms. The number of benzene rings is 1. The average Bonchev–Trinajstić information content (AvgIpc) is 2.16. The lowest BCUT2D eigenvalue weighted by molar-refractivity contribution is 0.625. The van der Waals surface area contributed by atoms with Gasteiger partial charge in [0, 0.05) is 19.8 Å². The molecule has 0 saturated heterocycles. The van der Waals surface area contributed by atoms with Gasteiger partial charge in [0.15, 0.2) is 0 Å². The average molecular weight is 181 g/mol. The van der Waals surface area contributed by atoms with Gasteiger partial charge in [-0.05, 0) is 12.1 Å². The first-order valence-corrected chi connectivity index (χ1v) is 3.89. The van der Waals surface area contributed by atoms with Crippen LogP contribution in [0, 0.1) is 5.82 Å². The Kier molecular flexibility index (Phi) is 2.84. The zero-order chi connectivity index (χ0) is 9.84. The van der Waals surface area contributed by atoms with Crippen LogP contribution in [-0.2, 0) is 0 Å². The Morgan fingerprint density at radius 3 is 2.77 bits per heavy atom. The maximum Gasteiger partial charge on any atom is 0.136 e. The number of rotatable bonds is 2. The minimum atomic E-state index is -0.366. The van der Waals surface area contributed by atoms with E-state index in [2.05, 4.69) is 10.3 Å². The van der Waals surface area contributed by atoms with Crippen molar-refractivity contribution in [3.8, 4) is 0 Å². The van der Waals surface area contributed by atoms with E-state index < -0.39 is 0 Å². The highest BCUT2D eigenvalue weighted by Crippen LogP contribution is 2.17. The van der Waals surface area contributed by atoms with Gasteiger partial charge in [-0.25, -0.2) is 4.39 Å². The van der Waals surface area contributed by atoms with Crippen molar-refractivity contribution in [2.45, 2.75) is 0 Å². The molecule has 0 radical (unpaired) electrons. The predicted molar refractivity (Wildman–Crippen MR) is 52.6 cm³/mol. The maximum atomic E-state index is 13.3. The molecule has 0 atom stereocenters. The van der Waals surface area contributed by atoms with Crippen molar-refractivity contribution >= 4 is 11.5 Å². The Labute approximate surface area is 76.5 Å². The molecule has 3 N–H and O–H groups in total. The molecule has 13 heavy (non-hydrogen) atoms. The van der Waals surface area contributed by atoms with Crippen molar-refractivity contribution in [1.29, 1.82) is 0 Å². The summed E-state index contributed by atoms with van der Waals surface area (Å²) in [7, 11) is 3.24. The van der Waals surface area contributed by atoms with E-state index in [-0.39, 0.29) is 11.7 Å². The summed E-state index contributed by atoms with van der Waals surface area (Å²) in [4.78, 5) is 3.74. The predicted octanol–water partition coefficient (Wildman–Crippen LogP) is 1.20. The first-order chi connectivity index (χ1) is 6.20. The Balaban J connectivity index is 3.31. The summed E-state index contributed by atoms with van der Waals surface area (Å²) in [5.74, 6) is -0.169. The van der Waals surface area contributed by atoms with Crippen molar-refractivity contribution in [3.05, 3.63) is 29.6 Å². The lowest BCUT2D eigenvalue weighted by Crippen LogP contribution is -2.17. The van der Waals surface area contributed by atoms with Crippen LogP contribution in [0.5, 0.6) is 0 Å². The number of nitrogens with one attached hydrogen (secondary N) is 1. The quantitative estimate of drug-likeness (QED) is 0.532. The summed E-state index contributed by atoms with van der Waals surface area (Å²) in [5.41, 5.74) is 6.51. The molecular weight excluding hydrogens is 169 g/mol. The number of nitrogens with two attached hydrogens (primary N) is 1. The van der Waals surface area contributed by atoms with E-state index in [9.17, 15) is 4.39 Å². The second-order valence-corrected chi connectivity index (χ2v) is 2.52. The van der Waals surface area contributed by atoms with Crippen LogP contribution in [0.25, 0.3) is 0 Å². The van der Waals surface area contributed by atoms with Gasteiger partial charge in [-0.15, -0.1) is 0 Å². The van der Waals surface area contributed by atoms with E-state index >= 15 is 0 Å². The van der Waals surface area contributed by atoms with Crippen LogP contribution >= 0.6 is 0 Å². The van der Waals surface area contributed by atoms with Crippen LogP contribution in [0.4, 0.5) is 10.1 Å². The molecule has 0 fully saturated rings. The third-order valence-corrected chi connectivity index (χ3v) is 1.78. The number of amidine groups is 1. The molecule has 3 nitrogen and oxygen atoms in total. The third-order valence-electron chi connectivity index (χ3n) is 1.78. The fraction of sp³-hybridized carbons (Fsp3) is 0.222. The molecule has 0 aliphatic heterocycles. The molecule has 0 aliphatic rings. The lowest BCUT2D eigenvalue weighted by atomic mass is 10.1. The molecule has 70 valence electrons. The van der Waals surface area contributed by atoms with Gasteiger partial charge in [-0.2, -0.15) is 0 Å². The first-order valence-electron chi connectivity index (χ1n) is 3.89. The molecule has 1 aromatic rings. The Morgan fingerprint density at radius 2 is 2.23 bits per heavy atom. The normalized spacial score (nSPS) is 11.5. The van der Waals surface area contributed by atoms with Gasteiger partial charge in [0.1, 0.15) is 11.7 Å². The second-order valence-electron chi connectivity index (χ2n) is 2.52. The van der Waals surface area contributed by atoms with E-state index in [0.29, 0.717) is 11.3 Å². The van der Waals surface area contributed by atoms with Crippen molar-refractivity contribution in [2.75, 3.05) is 19.4 Å². The minimum Gasteiger partial charge on any atom is -0.387 e. The van der Waals surface area contributed by atoms with Gasteiger partial charge in [0.25, 0.3) is 0 Å². The molecule has 1 rings (SSSR count). The SMILES string of the molecule is CN=C(N)c1c(F)cccc1NC. The first kappa shape index (κ1) is 9.51. The topological polar surface area (TPSA) is 50.4 Å². The highest BCUT2D eigenvalue weighted by Gasteiger charge is 2.09. The second kappa shape index (κ2) is 3.89. The van der Waals surface area contributed by atoms with Crippen LogP contribution in [0.2, 0.25) is 0 Å². The summed E-state index contributed by atoms with van der Waals surface area (Å²) in [6.45, 7) is 0. The highest BCUT2D eigenvalue weighted by atomic mass is 19.1. The summed E-state index contributed by atoms with van der Waals surface area (Å²) in [6, 6.07) is 4.72. The summed E-state index contributed by atoms with van der Waals surface area (Å²) in [6.07, 6.45) is 0. The number of anilines is 1. The number of hydrogen-bond acceptors (Lipinski definition) is 2. The molecular formula is C9H12FN3.